The second-order valence-corrected chi connectivity index (χ2v) is 6.02. The summed E-state index contributed by atoms with van der Waals surface area (Å²) in [5, 5.41) is 13.5. The minimum absolute atomic E-state index is 0.169. The van der Waals surface area contributed by atoms with Crippen molar-refractivity contribution in [3.05, 3.63) is 70.4 Å². The second-order valence-electron chi connectivity index (χ2n) is 5.08. The largest absolute Gasteiger partial charge is 0.379 e. The Bertz CT molecular complexity index is 544. The Kier molecular flexibility index (Phi) is 3.54. The van der Waals surface area contributed by atoms with Crippen molar-refractivity contribution < 1.29 is 5.11 Å². The molecule has 1 heterocycles. The first kappa shape index (κ1) is 12.6. The van der Waals surface area contributed by atoms with E-state index >= 15 is 0 Å². The van der Waals surface area contributed by atoms with Crippen LogP contribution in [0.15, 0.2) is 60.0 Å². The quantitative estimate of drug-likeness (QED) is 0.823. The van der Waals surface area contributed by atoms with E-state index in [0.29, 0.717) is 0 Å². The van der Waals surface area contributed by atoms with Gasteiger partial charge < -0.3 is 5.11 Å². The molecule has 0 fully saturated rings. The highest BCUT2D eigenvalue weighted by molar-refractivity contribution is 7.10. The van der Waals surface area contributed by atoms with Gasteiger partial charge in [-0.3, -0.25) is 0 Å². The summed E-state index contributed by atoms with van der Waals surface area (Å²) in [6, 6.07) is 14.1. The molecule has 0 spiro atoms. The van der Waals surface area contributed by atoms with E-state index in [4.69, 9.17) is 0 Å². The molecule has 0 saturated heterocycles. The predicted molar refractivity (Wildman–Crippen MR) is 80.2 cm³/mol. The van der Waals surface area contributed by atoms with E-state index < -0.39 is 5.60 Å². The van der Waals surface area contributed by atoms with E-state index in [9.17, 15) is 5.11 Å². The number of benzene rings is 1. The number of aliphatic hydroxyl groups is 1. The summed E-state index contributed by atoms with van der Waals surface area (Å²) in [5.41, 5.74) is 0.112. The van der Waals surface area contributed by atoms with Gasteiger partial charge in [-0.1, -0.05) is 48.6 Å². The summed E-state index contributed by atoms with van der Waals surface area (Å²) in [4.78, 5) is 1.04. The lowest BCUT2D eigenvalue weighted by molar-refractivity contribution is 0.0339. The summed E-state index contributed by atoms with van der Waals surface area (Å²) in [6.45, 7) is 0. The highest BCUT2D eigenvalue weighted by Gasteiger charge is 2.39. The van der Waals surface area contributed by atoms with Crippen molar-refractivity contribution in [2.24, 2.45) is 5.92 Å². The highest BCUT2D eigenvalue weighted by Crippen LogP contribution is 2.43. The van der Waals surface area contributed by atoms with E-state index in [1.165, 1.54) is 0 Å². The molecule has 1 aromatic carbocycles. The molecule has 98 valence electrons. The Morgan fingerprint density at radius 3 is 2.58 bits per heavy atom. The fourth-order valence-corrected chi connectivity index (χ4v) is 3.80. The predicted octanol–water partition coefficient (Wildman–Crippen LogP) is 4.34. The first-order valence-electron chi connectivity index (χ1n) is 6.80. The number of rotatable bonds is 3. The van der Waals surface area contributed by atoms with Crippen LogP contribution in [0.25, 0.3) is 0 Å². The van der Waals surface area contributed by atoms with Gasteiger partial charge in [0.25, 0.3) is 0 Å². The molecule has 1 aliphatic rings. The van der Waals surface area contributed by atoms with Crippen LogP contribution in [-0.4, -0.2) is 5.11 Å². The van der Waals surface area contributed by atoms with Gasteiger partial charge in [-0.15, -0.1) is 11.3 Å². The van der Waals surface area contributed by atoms with Crippen molar-refractivity contribution in [1.29, 1.82) is 0 Å². The summed E-state index contributed by atoms with van der Waals surface area (Å²) < 4.78 is 0. The second kappa shape index (κ2) is 5.32. The summed E-state index contributed by atoms with van der Waals surface area (Å²) >= 11 is 1.63. The lowest BCUT2D eigenvalue weighted by atomic mass is 9.75. The molecule has 2 unspecified atom stereocenters. The van der Waals surface area contributed by atoms with Gasteiger partial charge in [-0.05, 0) is 36.3 Å². The van der Waals surface area contributed by atoms with E-state index in [1.807, 2.05) is 47.8 Å². The van der Waals surface area contributed by atoms with Crippen molar-refractivity contribution in [2.45, 2.75) is 24.9 Å². The topological polar surface area (TPSA) is 20.2 Å². The lowest BCUT2D eigenvalue weighted by Crippen LogP contribution is -2.35. The zero-order valence-corrected chi connectivity index (χ0v) is 11.6. The standard InChI is InChI=1S/C17H18OS/c18-17(16-12-7-13-19-16,14-8-3-1-4-9-14)15-10-5-2-6-11-15/h1,3-5,7-10,12-13,15,18H,2,6,11H2. The van der Waals surface area contributed by atoms with E-state index in [2.05, 4.69) is 12.2 Å². The van der Waals surface area contributed by atoms with Gasteiger partial charge >= 0.3 is 0 Å². The number of hydrogen-bond acceptors (Lipinski definition) is 2. The van der Waals surface area contributed by atoms with E-state index in [1.54, 1.807) is 11.3 Å². The molecular weight excluding hydrogens is 252 g/mol. The number of hydrogen-bond donors (Lipinski definition) is 1. The highest BCUT2D eigenvalue weighted by atomic mass is 32.1. The van der Waals surface area contributed by atoms with Crippen LogP contribution in [0.2, 0.25) is 0 Å². The Labute approximate surface area is 118 Å². The van der Waals surface area contributed by atoms with Crippen LogP contribution >= 0.6 is 11.3 Å². The van der Waals surface area contributed by atoms with Crippen molar-refractivity contribution in [2.75, 3.05) is 0 Å². The first-order chi connectivity index (χ1) is 9.32. The zero-order chi connectivity index (χ0) is 13.1. The van der Waals surface area contributed by atoms with Gasteiger partial charge in [0.2, 0.25) is 0 Å². The molecule has 2 heteroatoms. The maximum Gasteiger partial charge on any atom is 0.130 e. The summed E-state index contributed by atoms with van der Waals surface area (Å²) in [6.07, 6.45) is 7.72. The third-order valence-electron chi connectivity index (χ3n) is 3.90. The van der Waals surface area contributed by atoms with Crippen molar-refractivity contribution >= 4 is 11.3 Å². The maximum atomic E-state index is 11.4. The van der Waals surface area contributed by atoms with Crippen LogP contribution in [0.3, 0.4) is 0 Å². The van der Waals surface area contributed by atoms with Crippen LogP contribution in [0, 0.1) is 5.92 Å². The summed E-state index contributed by atoms with van der Waals surface area (Å²) in [7, 11) is 0. The van der Waals surface area contributed by atoms with Gasteiger partial charge in [0.15, 0.2) is 0 Å². The van der Waals surface area contributed by atoms with Crippen LogP contribution in [-0.2, 0) is 5.60 Å². The lowest BCUT2D eigenvalue weighted by Gasteiger charge is -2.36. The minimum atomic E-state index is -0.883. The molecule has 0 saturated carbocycles. The number of allylic oxidation sites excluding steroid dienone is 1. The zero-order valence-electron chi connectivity index (χ0n) is 10.8. The molecule has 1 nitrogen and oxygen atoms in total. The third kappa shape index (κ3) is 2.26. The van der Waals surface area contributed by atoms with Gasteiger partial charge in [-0.2, -0.15) is 0 Å². The molecule has 0 radical (unpaired) electrons. The van der Waals surface area contributed by atoms with Gasteiger partial charge in [-0.25, -0.2) is 0 Å². The van der Waals surface area contributed by atoms with Crippen LogP contribution in [0.1, 0.15) is 29.7 Å². The molecule has 2 aromatic rings. The molecule has 1 aromatic heterocycles. The van der Waals surface area contributed by atoms with Crippen LogP contribution in [0.4, 0.5) is 0 Å². The first-order valence-corrected chi connectivity index (χ1v) is 7.68. The average molecular weight is 270 g/mol. The van der Waals surface area contributed by atoms with E-state index in [0.717, 1.165) is 29.7 Å². The van der Waals surface area contributed by atoms with Crippen molar-refractivity contribution in [3.8, 4) is 0 Å². The molecule has 0 aliphatic heterocycles. The molecule has 1 N–H and O–H groups in total. The van der Waals surface area contributed by atoms with Crippen molar-refractivity contribution in [3.63, 3.8) is 0 Å². The summed E-state index contributed by atoms with van der Waals surface area (Å²) in [5.74, 6) is 0.169. The average Bonchev–Trinajstić information content (AvgIpc) is 3.03. The smallest absolute Gasteiger partial charge is 0.130 e. The molecular formula is C17H18OS. The normalized spacial score (nSPS) is 22.1. The Hall–Kier alpha value is -1.38. The maximum absolute atomic E-state index is 11.4. The fraction of sp³-hybridized carbons (Fsp3) is 0.294. The third-order valence-corrected chi connectivity index (χ3v) is 4.90. The Morgan fingerprint density at radius 2 is 1.95 bits per heavy atom. The van der Waals surface area contributed by atoms with Gasteiger partial charge in [0.05, 0.1) is 0 Å². The molecule has 0 bridgehead atoms. The molecule has 3 rings (SSSR count). The van der Waals surface area contributed by atoms with Crippen LogP contribution < -0.4 is 0 Å². The van der Waals surface area contributed by atoms with Crippen molar-refractivity contribution in [1.82, 2.24) is 0 Å². The Balaban J connectivity index is 2.10. The van der Waals surface area contributed by atoms with E-state index in [-0.39, 0.29) is 5.92 Å². The SMILES string of the molecule is OC(c1ccccc1)(c1cccs1)C1C=CCCC1. The molecule has 1 aliphatic carbocycles. The molecule has 2 atom stereocenters. The number of thiophene rings is 1. The van der Waals surface area contributed by atoms with Crippen LogP contribution in [0.5, 0.6) is 0 Å². The fourth-order valence-electron chi connectivity index (χ4n) is 2.89. The Morgan fingerprint density at radius 1 is 1.11 bits per heavy atom. The van der Waals surface area contributed by atoms with Gasteiger partial charge in [0.1, 0.15) is 5.60 Å². The molecule has 19 heavy (non-hydrogen) atoms. The monoisotopic (exact) mass is 270 g/mol. The van der Waals surface area contributed by atoms with Gasteiger partial charge in [0, 0.05) is 10.8 Å². The minimum Gasteiger partial charge on any atom is -0.379 e. The molecule has 0 amide bonds.